The smallest absolute Gasteiger partial charge is 0.211 e. The monoisotopic (exact) mass is 348 g/mol. The van der Waals surface area contributed by atoms with E-state index >= 15 is 0 Å². The third-order valence-electron chi connectivity index (χ3n) is 2.90. The van der Waals surface area contributed by atoms with E-state index in [0.717, 1.165) is 0 Å². The van der Waals surface area contributed by atoms with E-state index in [0.29, 0.717) is 11.1 Å². The first kappa shape index (κ1) is 20.0. The zero-order valence-electron chi connectivity index (χ0n) is 13.4. The Morgan fingerprint density at radius 3 is 1.00 bits per heavy atom. The fraction of sp³-hybridized carbons (Fsp3) is 0.111. The van der Waals surface area contributed by atoms with Gasteiger partial charge in [-0.1, -0.05) is 60.7 Å². The molecule has 0 fully saturated rings. The molecule has 0 heterocycles. The van der Waals surface area contributed by atoms with E-state index in [4.69, 9.17) is 0 Å². The van der Waals surface area contributed by atoms with Crippen LogP contribution in [-0.2, 0) is 19.2 Å². The Hall–Kier alpha value is -4.04. The quantitative estimate of drug-likeness (QED) is 0.589. The Kier molecular flexibility index (Phi) is 9.53. The highest BCUT2D eigenvalue weighted by Crippen LogP contribution is 2.17. The van der Waals surface area contributed by atoms with Crippen LogP contribution in [0.4, 0.5) is 0 Å². The molecule has 0 aromatic heterocycles. The summed E-state index contributed by atoms with van der Waals surface area (Å²) < 4.78 is 0. The molecule has 0 atom stereocenters. The Morgan fingerprint density at radius 1 is 0.500 bits per heavy atom. The number of isocyanates is 4. The lowest BCUT2D eigenvalue weighted by molar-refractivity contribution is 0.550. The Morgan fingerprint density at radius 2 is 0.769 bits per heavy atom. The van der Waals surface area contributed by atoms with Gasteiger partial charge in [0.25, 0.3) is 0 Å². The van der Waals surface area contributed by atoms with E-state index < -0.39 is 12.3 Å². The predicted molar refractivity (Wildman–Crippen MR) is 90.9 cm³/mol. The van der Waals surface area contributed by atoms with E-state index in [9.17, 15) is 19.2 Å². The molecule has 0 radical (unpaired) electrons. The molecule has 128 valence electrons. The number of nitrogens with zero attached hydrogens (tertiary/aromatic N) is 4. The minimum atomic E-state index is -0.809. The van der Waals surface area contributed by atoms with E-state index in [1.165, 1.54) is 24.3 Å². The number of benzene rings is 2. The molecule has 0 N–H and O–H groups in total. The molecule has 2 aromatic carbocycles. The van der Waals surface area contributed by atoms with Crippen molar-refractivity contribution in [2.45, 2.75) is 12.3 Å². The van der Waals surface area contributed by atoms with Crippen molar-refractivity contribution in [3.63, 3.8) is 0 Å². The van der Waals surface area contributed by atoms with Crippen molar-refractivity contribution in [1.82, 2.24) is 0 Å². The zero-order valence-corrected chi connectivity index (χ0v) is 13.4. The van der Waals surface area contributed by atoms with Gasteiger partial charge < -0.3 is 0 Å². The van der Waals surface area contributed by atoms with Crippen LogP contribution in [0.2, 0.25) is 0 Å². The topological polar surface area (TPSA) is 118 Å². The molecule has 2 aromatic rings. The summed E-state index contributed by atoms with van der Waals surface area (Å²) >= 11 is 0. The van der Waals surface area contributed by atoms with Gasteiger partial charge in [0, 0.05) is 0 Å². The molecule has 0 aliphatic rings. The molecule has 0 amide bonds. The maximum atomic E-state index is 9.98. The maximum absolute atomic E-state index is 9.98. The molecule has 2 rings (SSSR count). The maximum Gasteiger partial charge on any atom is 0.237 e. The highest BCUT2D eigenvalue weighted by atomic mass is 16.1. The molecule has 0 saturated heterocycles. The fourth-order valence-corrected chi connectivity index (χ4v) is 1.81. The number of hydrogen-bond acceptors (Lipinski definition) is 8. The van der Waals surface area contributed by atoms with Crippen LogP contribution in [0.5, 0.6) is 0 Å². The molecule has 0 unspecified atom stereocenters. The van der Waals surface area contributed by atoms with Crippen LogP contribution in [0, 0.1) is 0 Å². The first-order valence-electron chi connectivity index (χ1n) is 7.14. The van der Waals surface area contributed by atoms with Gasteiger partial charge in [-0.05, 0) is 11.1 Å². The van der Waals surface area contributed by atoms with Gasteiger partial charge in [0.1, 0.15) is 0 Å². The third-order valence-corrected chi connectivity index (χ3v) is 2.90. The van der Waals surface area contributed by atoms with E-state index in [-0.39, 0.29) is 0 Å². The SMILES string of the molecule is O=C=NC(N=C=O)c1ccccc1.O=C=NC(N=C=O)c1ccccc1. The molecule has 0 aliphatic carbocycles. The van der Waals surface area contributed by atoms with Crippen LogP contribution in [-0.4, -0.2) is 24.3 Å². The van der Waals surface area contributed by atoms with Crippen LogP contribution in [0.25, 0.3) is 0 Å². The van der Waals surface area contributed by atoms with Crippen LogP contribution in [0.3, 0.4) is 0 Å². The van der Waals surface area contributed by atoms with Crippen molar-refractivity contribution in [2.75, 3.05) is 0 Å². The van der Waals surface area contributed by atoms with Crippen molar-refractivity contribution in [3.8, 4) is 0 Å². The van der Waals surface area contributed by atoms with Gasteiger partial charge in [-0.2, -0.15) is 20.0 Å². The standard InChI is InChI=1S/2C9H6N2O2/c2*12-6-10-9(11-7-13)8-4-2-1-3-5-8/h2*1-5,9H. The fourth-order valence-electron chi connectivity index (χ4n) is 1.81. The lowest BCUT2D eigenvalue weighted by Crippen LogP contribution is -1.89. The van der Waals surface area contributed by atoms with Crippen LogP contribution < -0.4 is 0 Å². The first-order chi connectivity index (χ1) is 12.8. The summed E-state index contributed by atoms with van der Waals surface area (Å²) in [6.45, 7) is 0. The van der Waals surface area contributed by atoms with Gasteiger partial charge in [0.2, 0.25) is 24.3 Å². The second kappa shape index (κ2) is 12.4. The lowest BCUT2D eigenvalue weighted by Gasteiger charge is -2.01. The van der Waals surface area contributed by atoms with Crippen LogP contribution in [0.15, 0.2) is 80.6 Å². The Balaban J connectivity index is 0.000000260. The minimum absolute atomic E-state index is 0.661. The van der Waals surface area contributed by atoms with Gasteiger partial charge >= 0.3 is 0 Å². The van der Waals surface area contributed by atoms with Gasteiger partial charge in [0.15, 0.2) is 12.3 Å². The van der Waals surface area contributed by atoms with Gasteiger partial charge in [-0.15, -0.1) is 0 Å². The van der Waals surface area contributed by atoms with E-state index in [1.807, 2.05) is 12.1 Å². The molecular weight excluding hydrogens is 336 g/mol. The average Bonchev–Trinajstić information content (AvgIpc) is 2.69. The summed E-state index contributed by atoms with van der Waals surface area (Å²) in [5, 5.41) is 0. The summed E-state index contributed by atoms with van der Waals surface area (Å²) in [6.07, 6.45) is 3.80. The second-order valence-corrected chi connectivity index (χ2v) is 4.45. The molecule has 0 bridgehead atoms. The summed E-state index contributed by atoms with van der Waals surface area (Å²) in [5.74, 6) is 0. The van der Waals surface area contributed by atoms with Gasteiger partial charge in [0.05, 0.1) is 0 Å². The molecule has 0 saturated carbocycles. The van der Waals surface area contributed by atoms with E-state index in [2.05, 4.69) is 20.0 Å². The van der Waals surface area contributed by atoms with Crippen molar-refractivity contribution >= 4 is 24.3 Å². The second-order valence-electron chi connectivity index (χ2n) is 4.45. The van der Waals surface area contributed by atoms with Crippen molar-refractivity contribution in [1.29, 1.82) is 0 Å². The highest BCUT2D eigenvalue weighted by molar-refractivity contribution is 5.40. The summed E-state index contributed by atoms with van der Waals surface area (Å²) in [7, 11) is 0. The number of rotatable bonds is 6. The van der Waals surface area contributed by atoms with Crippen molar-refractivity contribution in [2.24, 2.45) is 20.0 Å². The molecule has 26 heavy (non-hydrogen) atoms. The third kappa shape index (κ3) is 7.02. The van der Waals surface area contributed by atoms with Crippen LogP contribution >= 0.6 is 0 Å². The van der Waals surface area contributed by atoms with Crippen LogP contribution in [0.1, 0.15) is 23.5 Å². The van der Waals surface area contributed by atoms with Crippen molar-refractivity contribution < 1.29 is 19.2 Å². The number of hydrogen-bond donors (Lipinski definition) is 0. The molecule has 8 nitrogen and oxygen atoms in total. The molecular formula is C18H12N4O4. The highest BCUT2D eigenvalue weighted by Gasteiger charge is 2.06. The number of aliphatic imine (C=N–C) groups is 4. The summed E-state index contributed by atoms with van der Waals surface area (Å²) in [4.78, 5) is 53.3. The summed E-state index contributed by atoms with van der Waals surface area (Å²) in [5.41, 5.74) is 1.32. The lowest BCUT2D eigenvalue weighted by atomic mass is 10.2. The predicted octanol–water partition coefficient (Wildman–Crippen LogP) is 2.71. The summed E-state index contributed by atoms with van der Waals surface area (Å²) in [6, 6.07) is 17.6. The van der Waals surface area contributed by atoms with Gasteiger partial charge in [-0.25, -0.2) is 19.2 Å². The number of carbonyl (C=O) groups excluding carboxylic acids is 4. The molecule has 0 spiro atoms. The molecule has 8 heteroatoms. The molecule has 0 aliphatic heterocycles. The first-order valence-corrected chi connectivity index (χ1v) is 7.14. The normalized spacial score (nSPS) is 10.8. The van der Waals surface area contributed by atoms with Gasteiger partial charge in [-0.3, -0.25) is 0 Å². The Labute approximate surface area is 148 Å². The van der Waals surface area contributed by atoms with E-state index in [1.54, 1.807) is 48.5 Å². The average molecular weight is 348 g/mol. The zero-order chi connectivity index (χ0) is 19.0. The van der Waals surface area contributed by atoms with Crippen molar-refractivity contribution in [3.05, 3.63) is 71.8 Å². The largest absolute Gasteiger partial charge is 0.237 e. The Bertz CT molecular complexity index is 764. The minimum Gasteiger partial charge on any atom is -0.211 e.